The summed E-state index contributed by atoms with van der Waals surface area (Å²) in [5, 5.41) is 3.09. The molecule has 0 saturated heterocycles. The van der Waals surface area contributed by atoms with Crippen LogP contribution in [0.1, 0.15) is 108 Å². The maximum atomic E-state index is 5.48. The molecule has 0 aliphatic rings. The Kier molecular flexibility index (Phi) is 24.1. The van der Waals surface area contributed by atoms with E-state index in [2.05, 4.69) is 84.2 Å². The van der Waals surface area contributed by atoms with Gasteiger partial charge >= 0.3 is 0 Å². The number of nitrogens with two attached hydrogens (primary N) is 3. The highest BCUT2D eigenvalue weighted by atomic mass is 15.1. The van der Waals surface area contributed by atoms with Gasteiger partial charge in [0.15, 0.2) is 5.96 Å². The SMILES string of the molecule is C.C=C(N)NCCC[C@@H](CC(C)C)N(C)C(C)C.CC(C)CC(CCCN=C(N)N)CC(C)C. The summed E-state index contributed by atoms with van der Waals surface area (Å²) in [5.41, 5.74) is 16.1. The Bertz CT molecular complexity index is 485. The van der Waals surface area contributed by atoms with E-state index >= 15 is 0 Å². The van der Waals surface area contributed by atoms with Crippen LogP contribution in [-0.2, 0) is 0 Å². The van der Waals surface area contributed by atoms with Gasteiger partial charge in [-0.25, -0.2) is 0 Å². The maximum absolute atomic E-state index is 5.48. The van der Waals surface area contributed by atoms with Crippen molar-refractivity contribution in [2.75, 3.05) is 20.1 Å². The minimum atomic E-state index is 0. The zero-order chi connectivity index (χ0) is 26.0. The Morgan fingerprint density at radius 2 is 1.32 bits per heavy atom. The molecule has 0 unspecified atom stereocenters. The van der Waals surface area contributed by atoms with Crippen LogP contribution in [0.25, 0.3) is 0 Å². The highest BCUT2D eigenvalue weighted by Crippen LogP contribution is 2.24. The molecule has 1 atom stereocenters. The lowest BCUT2D eigenvalue weighted by atomic mass is 9.86. The van der Waals surface area contributed by atoms with Gasteiger partial charge in [0.05, 0.1) is 5.82 Å². The van der Waals surface area contributed by atoms with Crippen molar-refractivity contribution >= 4 is 5.96 Å². The van der Waals surface area contributed by atoms with Crippen LogP contribution in [0.2, 0.25) is 0 Å². The predicted molar refractivity (Wildman–Crippen MR) is 156 cm³/mol. The zero-order valence-electron chi connectivity index (χ0n) is 23.7. The van der Waals surface area contributed by atoms with Gasteiger partial charge in [-0.1, -0.05) is 55.5 Å². The van der Waals surface area contributed by atoms with E-state index in [1.807, 2.05) is 0 Å². The number of hydrogen-bond donors (Lipinski definition) is 4. The quantitative estimate of drug-likeness (QED) is 0.116. The molecule has 34 heavy (non-hydrogen) atoms. The van der Waals surface area contributed by atoms with E-state index in [0.717, 1.165) is 49.6 Å². The Morgan fingerprint density at radius 3 is 1.71 bits per heavy atom. The second-order valence-electron chi connectivity index (χ2n) is 11.2. The van der Waals surface area contributed by atoms with Crippen LogP contribution in [0, 0.1) is 23.7 Å². The van der Waals surface area contributed by atoms with Crippen LogP contribution in [0.5, 0.6) is 0 Å². The van der Waals surface area contributed by atoms with Gasteiger partial charge in [0.25, 0.3) is 0 Å². The average Bonchev–Trinajstić information content (AvgIpc) is 2.65. The molecule has 0 aliphatic carbocycles. The van der Waals surface area contributed by atoms with Gasteiger partial charge in [0.2, 0.25) is 0 Å². The smallest absolute Gasteiger partial charge is 0.185 e. The third kappa shape index (κ3) is 25.2. The van der Waals surface area contributed by atoms with E-state index in [1.54, 1.807) is 0 Å². The topological polar surface area (TPSA) is 106 Å². The molecule has 0 aromatic heterocycles. The molecular weight excluding hydrogens is 420 g/mol. The first-order valence-electron chi connectivity index (χ1n) is 13.2. The fraction of sp³-hybridized carbons (Fsp3) is 0.893. The first-order valence-corrected chi connectivity index (χ1v) is 13.2. The first-order chi connectivity index (χ1) is 15.3. The fourth-order valence-electron chi connectivity index (χ4n) is 4.29. The second kappa shape index (κ2) is 22.1. The summed E-state index contributed by atoms with van der Waals surface area (Å²) in [4.78, 5) is 6.51. The van der Waals surface area contributed by atoms with Crippen molar-refractivity contribution in [3.63, 3.8) is 0 Å². The number of guanidine groups is 1. The number of nitrogens with one attached hydrogen (secondary N) is 1. The average molecular weight is 485 g/mol. The molecule has 206 valence electrons. The van der Waals surface area contributed by atoms with Crippen LogP contribution in [0.15, 0.2) is 17.4 Å². The van der Waals surface area contributed by atoms with E-state index < -0.39 is 0 Å². The lowest BCUT2D eigenvalue weighted by Gasteiger charge is -2.32. The molecule has 0 heterocycles. The van der Waals surface area contributed by atoms with Crippen LogP contribution in [0.3, 0.4) is 0 Å². The number of aliphatic imine (C=N–C) groups is 1. The highest BCUT2D eigenvalue weighted by molar-refractivity contribution is 5.75. The van der Waals surface area contributed by atoms with Gasteiger partial charge in [-0.15, -0.1) is 0 Å². The van der Waals surface area contributed by atoms with Crippen molar-refractivity contribution in [2.45, 2.75) is 120 Å². The second-order valence-corrected chi connectivity index (χ2v) is 11.2. The van der Waals surface area contributed by atoms with Gasteiger partial charge in [0.1, 0.15) is 0 Å². The van der Waals surface area contributed by atoms with Crippen molar-refractivity contribution in [3.05, 3.63) is 12.4 Å². The summed E-state index contributed by atoms with van der Waals surface area (Å²) in [5.74, 6) is 3.93. The summed E-state index contributed by atoms with van der Waals surface area (Å²) in [6.07, 6.45) is 8.60. The third-order valence-corrected chi connectivity index (χ3v) is 5.87. The number of hydrogen-bond acceptors (Lipinski definition) is 4. The normalized spacial score (nSPS) is 12.1. The van der Waals surface area contributed by atoms with Gasteiger partial charge in [0, 0.05) is 25.2 Å². The van der Waals surface area contributed by atoms with Crippen molar-refractivity contribution in [1.29, 1.82) is 0 Å². The van der Waals surface area contributed by atoms with E-state index in [0.29, 0.717) is 17.9 Å². The zero-order valence-corrected chi connectivity index (χ0v) is 23.7. The molecule has 0 bridgehead atoms. The Labute approximate surface area is 214 Å². The molecule has 0 radical (unpaired) electrons. The van der Waals surface area contributed by atoms with E-state index in [1.165, 1.54) is 32.1 Å². The van der Waals surface area contributed by atoms with Crippen molar-refractivity contribution in [2.24, 2.45) is 45.9 Å². The van der Waals surface area contributed by atoms with Crippen LogP contribution in [0.4, 0.5) is 0 Å². The summed E-state index contributed by atoms with van der Waals surface area (Å²) in [6.45, 7) is 23.6. The van der Waals surface area contributed by atoms with Gasteiger partial charge in [-0.2, -0.15) is 0 Å². The molecule has 0 rings (SSSR count). The van der Waals surface area contributed by atoms with Crippen molar-refractivity contribution < 1.29 is 0 Å². The van der Waals surface area contributed by atoms with E-state index in [4.69, 9.17) is 17.2 Å². The van der Waals surface area contributed by atoms with E-state index in [9.17, 15) is 0 Å². The molecule has 0 aliphatic heterocycles. The molecular formula is C28H64N6. The summed E-state index contributed by atoms with van der Waals surface area (Å²) in [7, 11) is 2.23. The van der Waals surface area contributed by atoms with Crippen LogP contribution < -0.4 is 22.5 Å². The molecule has 0 spiro atoms. The number of rotatable bonds is 17. The lowest BCUT2D eigenvalue weighted by Crippen LogP contribution is -2.38. The van der Waals surface area contributed by atoms with Crippen LogP contribution in [-0.4, -0.2) is 43.1 Å². The van der Waals surface area contributed by atoms with E-state index in [-0.39, 0.29) is 13.4 Å². The summed E-state index contributed by atoms with van der Waals surface area (Å²) < 4.78 is 0. The Hall–Kier alpha value is -1.43. The minimum Gasteiger partial charge on any atom is -0.386 e. The minimum absolute atomic E-state index is 0. The highest BCUT2D eigenvalue weighted by Gasteiger charge is 2.18. The largest absolute Gasteiger partial charge is 0.386 e. The lowest BCUT2D eigenvalue weighted by molar-refractivity contribution is 0.161. The molecule has 0 fully saturated rings. The van der Waals surface area contributed by atoms with Gasteiger partial charge in [-0.3, -0.25) is 4.99 Å². The standard InChI is InChI=1S/C14H31N3.C13H29N3.CH4/c1-11(2)10-14(17(6)12(3)4)8-7-9-16-13(5)15;1-10(2)8-12(9-11(3)4)6-5-7-16-13(14)15;/h11-12,14,16H,5,7-10,15H2,1-4,6H3;10-12H,5-9H2,1-4H3,(H4,14,15,16);1H4/t14-;;/m0../s1. The Balaban J connectivity index is -0.000000550. The third-order valence-electron chi connectivity index (χ3n) is 5.87. The summed E-state index contributed by atoms with van der Waals surface area (Å²) in [6, 6.07) is 1.28. The first kappa shape index (κ1) is 37.1. The molecule has 0 aromatic rings. The maximum Gasteiger partial charge on any atom is 0.185 e. The molecule has 0 aromatic carbocycles. The monoisotopic (exact) mass is 485 g/mol. The van der Waals surface area contributed by atoms with Crippen molar-refractivity contribution in [1.82, 2.24) is 10.2 Å². The Morgan fingerprint density at radius 1 is 0.824 bits per heavy atom. The molecule has 0 amide bonds. The van der Waals surface area contributed by atoms with Crippen molar-refractivity contribution in [3.8, 4) is 0 Å². The molecule has 6 nitrogen and oxygen atoms in total. The summed E-state index contributed by atoms with van der Waals surface area (Å²) >= 11 is 0. The fourth-order valence-corrected chi connectivity index (χ4v) is 4.29. The number of nitrogens with zero attached hydrogens (tertiary/aromatic N) is 2. The van der Waals surface area contributed by atoms with Crippen LogP contribution >= 0.6 is 0 Å². The van der Waals surface area contributed by atoms with Gasteiger partial charge in [-0.05, 0) is 89.5 Å². The molecule has 7 N–H and O–H groups in total. The predicted octanol–water partition coefficient (Wildman–Crippen LogP) is 5.93. The van der Waals surface area contributed by atoms with Gasteiger partial charge < -0.3 is 27.4 Å². The molecule has 6 heteroatoms. The molecule has 0 saturated carbocycles.